The fourth-order valence-corrected chi connectivity index (χ4v) is 4.21. The molecule has 0 bridgehead atoms. The summed E-state index contributed by atoms with van der Waals surface area (Å²) in [6.07, 6.45) is 7.69. The fourth-order valence-electron chi connectivity index (χ4n) is 3.05. The van der Waals surface area contributed by atoms with E-state index < -0.39 is 0 Å². The lowest BCUT2D eigenvalue weighted by molar-refractivity contribution is 0.554. The summed E-state index contributed by atoms with van der Waals surface area (Å²) in [7, 11) is 0. The summed E-state index contributed by atoms with van der Waals surface area (Å²) in [5.41, 5.74) is 7.18. The molecule has 0 aliphatic carbocycles. The predicted octanol–water partition coefficient (Wildman–Crippen LogP) is 4.27. The molecule has 0 amide bonds. The van der Waals surface area contributed by atoms with Gasteiger partial charge in [-0.3, -0.25) is 0 Å². The van der Waals surface area contributed by atoms with Gasteiger partial charge in [-0.15, -0.1) is 11.3 Å². The Hall–Kier alpha value is -0.610. The van der Waals surface area contributed by atoms with Crippen LogP contribution in [0.5, 0.6) is 0 Å². The van der Waals surface area contributed by atoms with E-state index in [-0.39, 0.29) is 0 Å². The second-order valence-electron chi connectivity index (χ2n) is 5.92. The third-order valence-corrected chi connectivity index (χ3v) is 5.71. The minimum atomic E-state index is 0.519. The molecule has 2 atom stereocenters. The van der Waals surface area contributed by atoms with Crippen molar-refractivity contribution in [2.75, 3.05) is 11.4 Å². The Kier molecular flexibility index (Phi) is 5.85. The van der Waals surface area contributed by atoms with Crippen LogP contribution < -0.4 is 10.6 Å². The molecule has 2 rings (SSSR count). The van der Waals surface area contributed by atoms with E-state index >= 15 is 0 Å². The number of rotatable bonds is 5. The third-order valence-electron chi connectivity index (χ3n) is 4.57. The zero-order valence-electron chi connectivity index (χ0n) is 13.2. The molecule has 0 aromatic carbocycles. The zero-order chi connectivity index (χ0) is 14.5. The van der Waals surface area contributed by atoms with Gasteiger partial charge in [0.2, 0.25) is 0 Å². The van der Waals surface area contributed by atoms with Crippen LogP contribution in [0.3, 0.4) is 0 Å². The molecule has 3 nitrogen and oxygen atoms in total. The van der Waals surface area contributed by atoms with E-state index in [1.54, 1.807) is 0 Å². The quantitative estimate of drug-likeness (QED) is 0.882. The number of anilines is 1. The molecule has 20 heavy (non-hydrogen) atoms. The second kappa shape index (κ2) is 7.41. The van der Waals surface area contributed by atoms with Gasteiger partial charge in [-0.25, -0.2) is 4.98 Å². The first-order valence-corrected chi connectivity index (χ1v) is 8.99. The predicted molar refractivity (Wildman–Crippen MR) is 88.6 cm³/mol. The average molecular weight is 295 g/mol. The molecule has 1 fully saturated rings. The summed E-state index contributed by atoms with van der Waals surface area (Å²) in [4.78, 5) is 8.82. The highest BCUT2D eigenvalue weighted by Gasteiger charge is 2.24. The second-order valence-corrected chi connectivity index (χ2v) is 6.99. The van der Waals surface area contributed by atoms with Gasteiger partial charge in [0.1, 0.15) is 0 Å². The Labute approximate surface area is 127 Å². The molecule has 1 saturated heterocycles. The fraction of sp³-hybridized carbons (Fsp3) is 0.812. The molecule has 2 N–H and O–H groups in total. The Morgan fingerprint density at radius 2 is 2.15 bits per heavy atom. The number of nitrogens with zero attached hydrogens (tertiary/aromatic N) is 2. The third kappa shape index (κ3) is 3.34. The molecule has 1 aromatic rings. The zero-order valence-corrected chi connectivity index (χ0v) is 14.0. The number of thiazole rings is 1. The van der Waals surface area contributed by atoms with Gasteiger partial charge in [0.05, 0.1) is 5.69 Å². The van der Waals surface area contributed by atoms with Crippen LogP contribution in [-0.2, 0) is 6.54 Å². The number of hydrogen-bond donors (Lipinski definition) is 1. The van der Waals surface area contributed by atoms with Crippen LogP contribution in [0.4, 0.5) is 5.13 Å². The highest BCUT2D eigenvalue weighted by molar-refractivity contribution is 7.15. The van der Waals surface area contributed by atoms with Crippen molar-refractivity contribution < 1.29 is 0 Å². The van der Waals surface area contributed by atoms with E-state index in [0.717, 1.165) is 13.0 Å². The van der Waals surface area contributed by atoms with Crippen molar-refractivity contribution in [3.8, 4) is 0 Å². The smallest absolute Gasteiger partial charge is 0.186 e. The number of aromatic nitrogens is 1. The lowest BCUT2D eigenvalue weighted by Gasteiger charge is -2.28. The molecule has 0 spiro atoms. The van der Waals surface area contributed by atoms with Crippen molar-refractivity contribution >= 4 is 16.5 Å². The normalized spacial score (nSPS) is 21.8. The van der Waals surface area contributed by atoms with Crippen molar-refractivity contribution in [3.63, 3.8) is 0 Å². The molecule has 4 heteroatoms. The first-order valence-electron chi connectivity index (χ1n) is 8.17. The van der Waals surface area contributed by atoms with Gasteiger partial charge in [-0.2, -0.15) is 0 Å². The van der Waals surface area contributed by atoms with Crippen molar-refractivity contribution in [2.24, 2.45) is 5.73 Å². The maximum atomic E-state index is 5.94. The van der Waals surface area contributed by atoms with Crippen LogP contribution in [0.2, 0.25) is 0 Å². The summed E-state index contributed by atoms with van der Waals surface area (Å²) < 4.78 is 0. The van der Waals surface area contributed by atoms with Crippen molar-refractivity contribution in [3.05, 3.63) is 10.6 Å². The molecule has 0 radical (unpaired) electrons. The summed E-state index contributed by atoms with van der Waals surface area (Å²) in [6.45, 7) is 8.58. The van der Waals surface area contributed by atoms with Gasteiger partial charge in [-0.05, 0) is 31.6 Å². The van der Waals surface area contributed by atoms with Crippen LogP contribution in [0.25, 0.3) is 0 Å². The van der Waals surface area contributed by atoms with E-state index in [1.807, 2.05) is 11.3 Å². The van der Waals surface area contributed by atoms with E-state index in [9.17, 15) is 0 Å². The first-order chi connectivity index (χ1) is 9.71. The minimum absolute atomic E-state index is 0.519. The lowest BCUT2D eigenvalue weighted by atomic mass is 10.0. The standard InChI is InChI=1S/C16H29N3S/c1-4-12(3)15-14(11-17)20-16(18-15)19-10-8-6-7-9-13(19)5-2/h12-13H,4-11,17H2,1-3H3. The molecule has 2 heterocycles. The van der Waals surface area contributed by atoms with Crippen LogP contribution in [0, 0.1) is 0 Å². The molecular formula is C16H29N3S. The number of nitrogens with two attached hydrogens (primary N) is 1. The largest absolute Gasteiger partial charge is 0.345 e. The Morgan fingerprint density at radius 3 is 2.80 bits per heavy atom. The Balaban J connectivity index is 2.28. The lowest BCUT2D eigenvalue weighted by Crippen LogP contribution is -2.34. The topological polar surface area (TPSA) is 42.2 Å². The Bertz CT molecular complexity index is 416. The van der Waals surface area contributed by atoms with E-state index in [0.29, 0.717) is 18.5 Å². The van der Waals surface area contributed by atoms with Gasteiger partial charge in [-0.1, -0.05) is 33.6 Å². The molecule has 1 aliphatic rings. The van der Waals surface area contributed by atoms with Crippen molar-refractivity contribution in [1.29, 1.82) is 0 Å². The van der Waals surface area contributed by atoms with Gasteiger partial charge < -0.3 is 10.6 Å². The van der Waals surface area contributed by atoms with E-state index in [1.165, 1.54) is 47.8 Å². The summed E-state index contributed by atoms with van der Waals surface area (Å²) in [5, 5.41) is 1.22. The first kappa shape index (κ1) is 15.8. The summed E-state index contributed by atoms with van der Waals surface area (Å²) in [5.74, 6) is 0.519. The van der Waals surface area contributed by atoms with Gasteiger partial charge in [0, 0.05) is 24.0 Å². The molecule has 114 valence electrons. The van der Waals surface area contributed by atoms with Gasteiger partial charge >= 0.3 is 0 Å². The van der Waals surface area contributed by atoms with Crippen molar-refractivity contribution in [1.82, 2.24) is 4.98 Å². The monoisotopic (exact) mass is 295 g/mol. The molecule has 2 unspecified atom stereocenters. The van der Waals surface area contributed by atoms with Gasteiger partial charge in [0.15, 0.2) is 5.13 Å². The number of hydrogen-bond acceptors (Lipinski definition) is 4. The van der Waals surface area contributed by atoms with Gasteiger partial charge in [0.25, 0.3) is 0 Å². The van der Waals surface area contributed by atoms with Crippen LogP contribution in [0.1, 0.15) is 75.8 Å². The van der Waals surface area contributed by atoms with Crippen LogP contribution in [0.15, 0.2) is 0 Å². The van der Waals surface area contributed by atoms with Crippen LogP contribution >= 0.6 is 11.3 Å². The summed E-state index contributed by atoms with van der Waals surface area (Å²) in [6, 6.07) is 0.666. The maximum absolute atomic E-state index is 5.94. The minimum Gasteiger partial charge on any atom is -0.345 e. The molecule has 1 aromatic heterocycles. The maximum Gasteiger partial charge on any atom is 0.186 e. The van der Waals surface area contributed by atoms with Crippen LogP contribution in [-0.4, -0.2) is 17.6 Å². The van der Waals surface area contributed by atoms with E-state index in [2.05, 4.69) is 25.7 Å². The van der Waals surface area contributed by atoms with Crippen molar-refractivity contribution in [2.45, 2.75) is 77.8 Å². The highest BCUT2D eigenvalue weighted by atomic mass is 32.1. The molecular weight excluding hydrogens is 266 g/mol. The summed E-state index contributed by atoms with van der Waals surface area (Å²) >= 11 is 1.83. The highest BCUT2D eigenvalue weighted by Crippen LogP contribution is 2.35. The van der Waals surface area contributed by atoms with E-state index in [4.69, 9.17) is 10.7 Å². The Morgan fingerprint density at radius 1 is 1.35 bits per heavy atom. The molecule has 1 aliphatic heterocycles. The SMILES string of the molecule is CCC(C)c1nc(N2CCCCCC2CC)sc1CN. The molecule has 0 saturated carbocycles. The average Bonchev–Trinajstić information content (AvgIpc) is 2.76.